The number of nitrogens with one attached hydrogen (secondary N) is 1. The number of carbonyl (C=O) groups is 1. The van der Waals surface area contributed by atoms with E-state index in [9.17, 15) is 9.90 Å². The van der Waals surface area contributed by atoms with Gasteiger partial charge in [0.05, 0.1) is 30.1 Å². The van der Waals surface area contributed by atoms with Crippen molar-refractivity contribution in [3.63, 3.8) is 0 Å². The third kappa shape index (κ3) is 7.03. The molecule has 8 nitrogen and oxygen atoms in total. The van der Waals surface area contributed by atoms with E-state index in [1.807, 2.05) is 71.8 Å². The van der Waals surface area contributed by atoms with E-state index in [2.05, 4.69) is 30.3 Å². The number of hydrogen-bond acceptors (Lipinski definition) is 5. The summed E-state index contributed by atoms with van der Waals surface area (Å²) in [5.74, 6) is -0.105. The predicted octanol–water partition coefficient (Wildman–Crippen LogP) is 7.79. The molecule has 0 unspecified atom stereocenters. The van der Waals surface area contributed by atoms with Crippen LogP contribution in [0, 0.1) is 6.92 Å². The molecular weight excluding hydrogens is 588 g/mol. The molecule has 6 rings (SSSR count). The van der Waals surface area contributed by atoms with Gasteiger partial charge in [-0.25, -0.2) is 4.79 Å². The minimum Gasteiger partial charge on any atom is -0.493 e. The maximum atomic E-state index is 12.8. The highest BCUT2D eigenvalue weighted by Gasteiger charge is 2.27. The first-order valence-electron chi connectivity index (χ1n) is 15.8. The number of ether oxygens (including phenoxy) is 2. The SMILES string of the molecule is CCNCC.Cc1nn(C)c2c1-c1cccc3c(CCCOc4cccc5cc(Cl)ccc45)c(C(=O)O)n(c13)CCCCOC2. The van der Waals surface area contributed by atoms with Crippen molar-refractivity contribution >= 4 is 39.2 Å². The summed E-state index contributed by atoms with van der Waals surface area (Å²) in [4.78, 5) is 12.8. The number of hydrogen-bond donors (Lipinski definition) is 2. The lowest BCUT2D eigenvalue weighted by Gasteiger charge is -2.12. The molecule has 238 valence electrons. The van der Waals surface area contributed by atoms with Crippen molar-refractivity contribution in [3.05, 3.63) is 82.3 Å². The molecule has 1 aliphatic heterocycles. The van der Waals surface area contributed by atoms with Gasteiger partial charge in [0.2, 0.25) is 0 Å². The van der Waals surface area contributed by atoms with Gasteiger partial charge in [0.15, 0.2) is 0 Å². The largest absolute Gasteiger partial charge is 0.493 e. The van der Waals surface area contributed by atoms with Gasteiger partial charge in [0, 0.05) is 47.1 Å². The van der Waals surface area contributed by atoms with Crippen molar-refractivity contribution in [2.45, 2.75) is 59.6 Å². The van der Waals surface area contributed by atoms with Gasteiger partial charge < -0.3 is 24.5 Å². The molecule has 3 heterocycles. The van der Waals surface area contributed by atoms with Gasteiger partial charge in [-0.3, -0.25) is 4.68 Å². The number of aromatic carboxylic acids is 1. The molecule has 0 atom stereocenters. The van der Waals surface area contributed by atoms with Crippen molar-refractivity contribution in [1.82, 2.24) is 19.7 Å². The van der Waals surface area contributed by atoms with Gasteiger partial charge in [-0.15, -0.1) is 0 Å². The number of aryl methyl sites for hydroxylation is 4. The topological polar surface area (TPSA) is 90.5 Å². The van der Waals surface area contributed by atoms with Crippen LogP contribution in [0.5, 0.6) is 5.75 Å². The molecule has 0 spiro atoms. The Labute approximate surface area is 269 Å². The smallest absolute Gasteiger partial charge is 0.352 e. The molecule has 2 aromatic heterocycles. The Balaban J connectivity index is 0.000000743. The van der Waals surface area contributed by atoms with Crippen LogP contribution in [-0.2, 0) is 31.4 Å². The predicted molar refractivity (Wildman–Crippen MR) is 182 cm³/mol. The summed E-state index contributed by atoms with van der Waals surface area (Å²) >= 11 is 6.17. The average molecular weight is 631 g/mol. The Morgan fingerprint density at radius 3 is 2.64 bits per heavy atom. The van der Waals surface area contributed by atoms with Crippen molar-refractivity contribution in [2.75, 3.05) is 26.3 Å². The molecule has 2 N–H and O–H groups in total. The second kappa shape index (κ2) is 15.0. The quantitative estimate of drug-likeness (QED) is 0.170. The van der Waals surface area contributed by atoms with E-state index in [1.165, 1.54) is 0 Å². The molecule has 1 aliphatic rings. The lowest BCUT2D eigenvalue weighted by Crippen LogP contribution is -2.12. The first-order chi connectivity index (χ1) is 21.8. The van der Waals surface area contributed by atoms with Crippen LogP contribution in [0.2, 0.25) is 5.02 Å². The number of halogens is 1. The van der Waals surface area contributed by atoms with Gasteiger partial charge >= 0.3 is 5.97 Å². The highest BCUT2D eigenvalue weighted by Crippen LogP contribution is 2.39. The third-order valence-corrected chi connectivity index (χ3v) is 8.53. The monoisotopic (exact) mass is 630 g/mol. The Kier molecular flexibility index (Phi) is 10.8. The maximum Gasteiger partial charge on any atom is 0.352 e. The molecule has 0 saturated carbocycles. The minimum atomic E-state index is -0.904. The van der Waals surface area contributed by atoms with Gasteiger partial charge in [-0.2, -0.15) is 5.10 Å². The Morgan fingerprint density at radius 1 is 1.09 bits per heavy atom. The first-order valence-corrected chi connectivity index (χ1v) is 16.2. The number of rotatable bonds is 8. The molecule has 45 heavy (non-hydrogen) atoms. The molecule has 0 radical (unpaired) electrons. The Bertz CT molecular complexity index is 1790. The third-order valence-electron chi connectivity index (χ3n) is 8.29. The normalized spacial score (nSPS) is 13.2. The van der Waals surface area contributed by atoms with Gasteiger partial charge in [-0.1, -0.05) is 55.8 Å². The fourth-order valence-corrected chi connectivity index (χ4v) is 6.48. The van der Waals surface area contributed by atoms with Gasteiger partial charge in [0.25, 0.3) is 0 Å². The summed E-state index contributed by atoms with van der Waals surface area (Å²) in [6.07, 6.45) is 2.96. The summed E-state index contributed by atoms with van der Waals surface area (Å²) < 4.78 is 16.1. The fourth-order valence-electron chi connectivity index (χ4n) is 6.30. The summed E-state index contributed by atoms with van der Waals surface area (Å²) in [5.41, 5.74) is 6.12. The molecule has 0 fully saturated rings. The number of nitrogens with zero attached hydrogens (tertiary/aromatic N) is 3. The number of carboxylic acid groups (broad SMARTS) is 1. The van der Waals surface area contributed by atoms with Gasteiger partial charge in [0.1, 0.15) is 11.4 Å². The van der Waals surface area contributed by atoms with Crippen LogP contribution in [0.25, 0.3) is 32.8 Å². The zero-order valence-electron chi connectivity index (χ0n) is 26.7. The lowest BCUT2D eigenvalue weighted by atomic mass is 9.98. The van der Waals surface area contributed by atoms with Crippen LogP contribution >= 0.6 is 11.6 Å². The summed E-state index contributed by atoms with van der Waals surface area (Å²) in [5, 5.41) is 22.0. The van der Waals surface area contributed by atoms with Crippen LogP contribution in [0.4, 0.5) is 0 Å². The van der Waals surface area contributed by atoms with Crippen molar-refractivity contribution in [2.24, 2.45) is 7.05 Å². The van der Waals surface area contributed by atoms with Gasteiger partial charge in [-0.05, 0) is 80.9 Å². The van der Waals surface area contributed by atoms with E-state index in [-0.39, 0.29) is 0 Å². The maximum absolute atomic E-state index is 12.8. The van der Waals surface area contributed by atoms with E-state index in [1.54, 1.807) is 0 Å². The van der Waals surface area contributed by atoms with E-state index in [0.717, 1.165) is 81.4 Å². The molecule has 3 aromatic carbocycles. The van der Waals surface area contributed by atoms with E-state index >= 15 is 0 Å². The highest BCUT2D eigenvalue weighted by atomic mass is 35.5. The van der Waals surface area contributed by atoms with E-state index in [0.29, 0.717) is 49.9 Å². The second-order valence-corrected chi connectivity index (χ2v) is 11.7. The number of benzene rings is 3. The molecule has 0 saturated heterocycles. The molecule has 0 aliphatic carbocycles. The number of para-hydroxylation sites is 1. The van der Waals surface area contributed by atoms with Crippen LogP contribution < -0.4 is 10.1 Å². The van der Waals surface area contributed by atoms with E-state index < -0.39 is 5.97 Å². The second-order valence-electron chi connectivity index (χ2n) is 11.3. The summed E-state index contributed by atoms with van der Waals surface area (Å²) in [7, 11) is 1.94. The number of fused-ring (bicyclic) bond motifs is 3. The average Bonchev–Trinajstić information content (AvgIpc) is 3.48. The zero-order valence-corrected chi connectivity index (χ0v) is 27.4. The van der Waals surface area contributed by atoms with Crippen LogP contribution in [0.15, 0.2) is 54.6 Å². The number of carboxylic acids is 1. The Hall–Kier alpha value is -3.85. The lowest BCUT2D eigenvalue weighted by molar-refractivity contribution is 0.0683. The molecule has 0 bridgehead atoms. The molecular formula is C36H43ClN4O4. The molecule has 5 aromatic rings. The Morgan fingerprint density at radius 2 is 1.89 bits per heavy atom. The first kappa shape index (κ1) is 32.5. The van der Waals surface area contributed by atoms with Crippen LogP contribution in [-0.4, -0.2) is 51.7 Å². The molecule has 0 amide bonds. The zero-order chi connectivity index (χ0) is 31.9. The number of aromatic nitrogens is 3. The van der Waals surface area contributed by atoms with Crippen molar-refractivity contribution < 1.29 is 19.4 Å². The van der Waals surface area contributed by atoms with Crippen molar-refractivity contribution in [1.29, 1.82) is 0 Å². The molecule has 9 heteroatoms. The van der Waals surface area contributed by atoms with Crippen molar-refractivity contribution in [3.8, 4) is 16.9 Å². The summed E-state index contributed by atoms with van der Waals surface area (Å²) in [6.45, 7) is 10.6. The van der Waals surface area contributed by atoms with E-state index in [4.69, 9.17) is 21.1 Å². The minimum absolute atomic E-state index is 0.366. The fraction of sp³-hybridized carbons (Fsp3) is 0.389. The van der Waals surface area contributed by atoms with Crippen LogP contribution in [0.1, 0.15) is 60.5 Å². The highest BCUT2D eigenvalue weighted by molar-refractivity contribution is 6.31. The standard InChI is InChI=1S/C32H32ClN3O4.C4H11N/c1-20-29-26-10-6-9-24-25(11-7-17-40-28-12-5-8-21-18-22(33)13-14-23(21)28)31(32(37)38)36(30(24)26)15-3-4-16-39-19-27(29)35(2)34-20;1-3-5-4-2/h5-6,8-10,12-14,18H,3-4,7,11,15-17,19H2,1-2H3,(H,37,38);5H,3-4H2,1-2H3. The summed E-state index contributed by atoms with van der Waals surface area (Å²) in [6, 6.07) is 17.8. The van der Waals surface area contributed by atoms with Crippen LogP contribution in [0.3, 0.4) is 0 Å².